The highest BCUT2D eigenvalue weighted by Crippen LogP contribution is 2.16. The predicted octanol–water partition coefficient (Wildman–Crippen LogP) is 2.63. The summed E-state index contributed by atoms with van der Waals surface area (Å²) < 4.78 is 10.7. The van der Waals surface area contributed by atoms with E-state index in [0.29, 0.717) is 6.61 Å². The molecule has 3 nitrogen and oxygen atoms in total. The fourth-order valence-electron chi connectivity index (χ4n) is 1.51. The van der Waals surface area contributed by atoms with Crippen molar-refractivity contribution in [3.8, 4) is 11.5 Å². The monoisotopic (exact) mass is 257 g/mol. The molecule has 0 heterocycles. The number of halogens is 1. The summed E-state index contributed by atoms with van der Waals surface area (Å²) in [5.41, 5.74) is 0. The molecule has 1 atom stereocenters. The highest BCUT2D eigenvalue weighted by Gasteiger charge is 2.03. The number of rotatable bonds is 7. The van der Waals surface area contributed by atoms with E-state index < -0.39 is 0 Å². The van der Waals surface area contributed by atoms with Crippen molar-refractivity contribution < 1.29 is 9.47 Å². The molecule has 0 radical (unpaired) electrons. The molecule has 0 aliphatic carbocycles. The minimum Gasteiger partial charge on any atom is -0.497 e. The molecule has 0 aromatic heterocycles. The van der Waals surface area contributed by atoms with Gasteiger partial charge in [-0.25, -0.2) is 0 Å². The van der Waals surface area contributed by atoms with Gasteiger partial charge in [0.1, 0.15) is 18.1 Å². The molecule has 0 saturated heterocycles. The molecule has 0 aliphatic heterocycles. The van der Waals surface area contributed by atoms with Crippen molar-refractivity contribution in [2.24, 2.45) is 0 Å². The number of nitrogens with zero attached hydrogens (tertiary/aromatic N) is 1. The highest BCUT2D eigenvalue weighted by molar-refractivity contribution is 6.20. The summed E-state index contributed by atoms with van der Waals surface area (Å²) in [6, 6.07) is 7.59. The maximum absolute atomic E-state index is 5.91. The minimum absolute atomic E-state index is 0.168. The molecule has 1 rings (SSSR count). The van der Waals surface area contributed by atoms with Crippen LogP contribution in [0.1, 0.15) is 6.92 Å². The predicted molar refractivity (Wildman–Crippen MR) is 71.3 cm³/mol. The van der Waals surface area contributed by atoms with Gasteiger partial charge in [0.15, 0.2) is 0 Å². The van der Waals surface area contributed by atoms with Gasteiger partial charge in [0.05, 0.1) is 7.11 Å². The fourth-order valence-corrected chi connectivity index (χ4v) is 1.75. The van der Waals surface area contributed by atoms with Crippen LogP contribution < -0.4 is 9.47 Å². The van der Waals surface area contributed by atoms with E-state index in [0.717, 1.165) is 24.6 Å². The first-order valence-corrected chi connectivity index (χ1v) is 6.15. The standard InChI is InChI=1S/C13H20ClNO2/c1-11(14)10-15(2)8-9-17-13-6-4-12(16-3)5-7-13/h4-7,11H,8-10H2,1-3H3. The van der Waals surface area contributed by atoms with Gasteiger partial charge in [-0.15, -0.1) is 11.6 Å². The fraction of sp³-hybridized carbons (Fsp3) is 0.538. The van der Waals surface area contributed by atoms with Crippen LogP contribution in [0.3, 0.4) is 0 Å². The lowest BCUT2D eigenvalue weighted by Gasteiger charge is -2.18. The zero-order valence-electron chi connectivity index (χ0n) is 10.6. The van der Waals surface area contributed by atoms with Crippen molar-refractivity contribution in [3.63, 3.8) is 0 Å². The van der Waals surface area contributed by atoms with Crippen LogP contribution in [-0.4, -0.2) is 44.1 Å². The van der Waals surface area contributed by atoms with Gasteiger partial charge < -0.3 is 14.4 Å². The molecule has 96 valence electrons. The van der Waals surface area contributed by atoms with Crippen molar-refractivity contribution >= 4 is 11.6 Å². The summed E-state index contributed by atoms with van der Waals surface area (Å²) in [7, 11) is 3.69. The first kappa shape index (κ1) is 14.1. The Labute approximate surface area is 108 Å². The van der Waals surface area contributed by atoms with Crippen molar-refractivity contribution in [2.75, 3.05) is 33.9 Å². The molecule has 1 aromatic carbocycles. The summed E-state index contributed by atoms with van der Waals surface area (Å²) in [5, 5.41) is 0.168. The van der Waals surface area contributed by atoms with Gasteiger partial charge in [0, 0.05) is 18.5 Å². The van der Waals surface area contributed by atoms with Crippen molar-refractivity contribution in [1.29, 1.82) is 0 Å². The lowest BCUT2D eigenvalue weighted by Crippen LogP contribution is -2.29. The smallest absolute Gasteiger partial charge is 0.119 e. The summed E-state index contributed by atoms with van der Waals surface area (Å²) in [5.74, 6) is 1.70. The number of hydrogen-bond acceptors (Lipinski definition) is 3. The number of ether oxygens (including phenoxy) is 2. The first-order chi connectivity index (χ1) is 8.11. The Morgan fingerprint density at radius 1 is 1.24 bits per heavy atom. The second kappa shape index (κ2) is 7.41. The molecule has 0 saturated carbocycles. The second-order valence-electron chi connectivity index (χ2n) is 4.07. The van der Waals surface area contributed by atoms with E-state index >= 15 is 0 Å². The SMILES string of the molecule is COc1ccc(OCCN(C)CC(C)Cl)cc1. The van der Waals surface area contributed by atoms with Gasteiger partial charge in [-0.3, -0.25) is 0 Å². The van der Waals surface area contributed by atoms with E-state index in [1.54, 1.807) is 7.11 Å². The Kier molecular flexibility index (Phi) is 6.16. The van der Waals surface area contributed by atoms with E-state index in [1.807, 2.05) is 38.2 Å². The third-order valence-electron chi connectivity index (χ3n) is 2.36. The topological polar surface area (TPSA) is 21.7 Å². The average Bonchev–Trinajstić information content (AvgIpc) is 2.29. The maximum Gasteiger partial charge on any atom is 0.119 e. The minimum atomic E-state index is 0.168. The molecule has 1 aromatic rings. The van der Waals surface area contributed by atoms with E-state index in [-0.39, 0.29) is 5.38 Å². The number of likely N-dealkylation sites (N-methyl/N-ethyl adjacent to an activating group) is 1. The molecule has 1 unspecified atom stereocenters. The molecule has 4 heteroatoms. The van der Waals surface area contributed by atoms with Crippen LogP contribution in [0, 0.1) is 0 Å². The number of methoxy groups -OCH3 is 1. The van der Waals surface area contributed by atoms with Crippen LogP contribution in [0.2, 0.25) is 0 Å². The number of alkyl halides is 1. The van der Waals surface area contributed by atoms with Crippen molar-refractivity contribution in [1.82, 2.24) is 4.90 Å². The summed E-state index contributed by atoms with van der Waals surface area (Å²) in [4.78, 5) is 2.15. The maximum atomic E-state index is 5.91. The molecule has 0 N–H and O–H groups in total. The van der Waals surface area contributed by atoms with Crippen LogP contribution >= 0.6 is 11.6 Å². The summed E-state index contributed by atoms with van der Waals surface area (Å²) in [6.45, 7) is 4.38. The van der Waals surface area contributed by atoms with Crippen LogP contribution in [-0.2, 0) is 0 Å². The second-order valence-corrected chi connectivity index (χ2v) is 4.81. The number of hydrogen-bond donors (Lipinski definition) is 0. The number of benzene rings is 1. The lowest BCUT2D eigenvalue weighted by molar-refractivity contribution is 0.238. The third-order valence-corrected chi connectivity index (χ3v) is 2.50. The summed E-state index contributed by atoms with van der Waals surface area (Å²) in [6.07, 6.45) is 0. The third kappa shape index (κ3) is 5.80. The molecular formula is C13H20ClNO2. The van der Waals surface area contributed by atoms with Gasteiger partial charge in [-0.05, 0) is 38.2 Å². The van der Waals surface area contributed by atoms with Crippen LogP contribution in [0.15, 0.2) is 24.3 Å². The first-order valence-electron chi connectivity index (χ1n) is 5.71. The van der Waals surface area contributed by atoms with Gasteiger partial charge in [0.2, 0.25) is 0 Å². The van der Waals surface area contributed by atoms with Crippen LogP contribution in [0.5, 0.6) is 11.5 Å². The van der Waals surface area contributed by atoms with Crippen LogP contribution in [0.4, 0.5) is 0 Å². The molecule has 0 bridgehead atoms. The Morgan fingerprint density at radius 2 is 1.82 bits per heavy atom. The normalized spacial score (nSPS) is 12.5. The quantitative estimate of drug-likeness (QED) is 0.701. The van der Waals surface area contributed by atoms with E-state index in [1.165, 1.54) is 0 Å². The Bertz CT molecular complexity index is 314. The van der Waals surface area contributed by atoms with Crippen molar-refractivity contribution in [3.05, 3.63) is 24.3 Å². The molecular weight excluding hydrogens is 238 g/mol. The Morgan fingerprint density at radius 3 is 2.35 bits per heavy atom. The molecule has 17 heavy (non-hydrogen) atoms. The molecule has 0 amide bonds. The van der Waals surface area contributed by atoms with Gasteiger partial charge in [-0.2, -0.15) is 0 Å². The van der Waals surface area contributed by atoms with Crippen LogP contribution in [0.25, 0.3) is 0 Å². The Balaban J connectivity index is 2.25. The van der Waals surface area contributed by atoms with Gasteiger partial charge in [-0.1, -0.05) is 0 Å². The lowest BCUT2D eigenvalue weighted by atomic mass is 10.3. The molecule has 0 fully saturated rings. The Hall–Kier alpha value is -0.930. The average molecular weight is 258 g/mol. The zero-order chi connectivity index (χ0) is 12.7. The highest BCUT2D eigenvalue weighted by atomic mass is 35.5. The van der Waals surface area contributed by atoms with Gasteiger partial charge in [0.25, 0.3) is 0 Å². The largest absolute Gasteiger partial charge is 0.497 e. The van der Waals surface area contributed by atoms with Gasteiger partial charge >= 0.3 is 0 Å². The van der Waals surface area contributed by atoms with E-state index in [2.05, 4.69) is 4.90 Å². The van der Waals surface area contributed by atoms with E-state index in [9.17, 15) is 0 Å². The van der Waals surface area contributed by atoms with E-state index in [4.69, 9.17) is 21.1 Å². The summed E-state index contributed by atoms with van der Waals surface area (Å²) >= 11 is 5.91. The molecule has 0 aliphatic rings. The zero-order valence-corrected chi connectivity index (χ0v) is 11.4. The van der Waals surface area contributed by atoms with Crippen molar-refractivity contribution in [2.45, 2.75) is 12.3 Å². The molecule has 0 spiro atoms.